The lowest BCUT2D eigenvalue weighted by atomic mass is 9.88. The molecule has 0 unspecified atom stereocenters. The Bertz CT molecular complexity index is 438. The second-order valence-electron chi connectivity index (χ2n) is 3.03. The van der Waals surface area contributed by atoms with Crippen LogP contribution in [-0.4, -0.2) is 16.6 Å². The van der Waals surface area contributed by atoms with E-state index in [4.69, 9.17) is 0 Å². The number of aromatic nitrogens is 1. The third kappa shape index (κ3) is 1.40. The topological polar surface area (TPSA) is 25.2 Å². The van der Waals surface area contributed by atoms with E-state index in [1.165, 1.54) is 0 Å². The smallest absolute Gasteiger partial charge is 0.413 e. The molecule has 66 valence electrons. The highest BCUT2D eigenvalue weighted by atomic mass is 79.9. The molecule has 13 heavy (non-hydrogen) atoms. The summed E-state index contributed by atoms with van der Waals surface area (Å²) in [6.45, 7) is 1.75. The second-order valence-corrected chi connectivity index (χ2v) is 3.89. The van der Waals surface area contributed by atoms with E-state index < -0.39 is 7.05 Å². The molecule has 0 bridgehead atoms. The van der Waals surface area contributed by atoms with Crippen LogP contribution in [0.15, 0.2) is 34.9 Å². The number of hydrogen-bond acceptors (Lipinski definition) is 1. The van der Waals surface area contributed by atoms with Crippen LogP contribution < -0.4 is 0 Å². The first kappa shape index (κ1) is 8.85. The lowest BCUT2D eigenvalue weighted by molar-refractivity contribution is 0.566. The first-order valence-electron chi connectivity index (χ1n) is 4.13. The average molecular weight is 238 g/mol. The number of halogens is 1. The van der Waals surface area contributed by atoms with Crippen molar-refractivity contribution in [2.75, 3.05) is 0 Å². The number of rotatable bonds is 1. The molecule has 1 aromatic heterocycles. The van der Waals surface area contributed by atoms with Crippen molar-refractivity contribution in [3.05, 3.63) is 34.9 Å². The Morgan fingerprint density at radius 3 is 2.77 bits per heavy atom. The molecular weight excluding hydrogens is 229 g/mol. The summed E-state index contributed by atoms with van der Waals surface area (Å²) in [5.41, 5.74) is 1.05. The molecule has 0 aliphatic rings. The predicted octanol–water partition coefficient (Wildman–Crippen LogP) is 2.36. The summed E-state index contributed by atoms with van der Waals surface area (Å²) in [6, 6.07) is 7.97. The highest BCUT2D eigenvalue weighted by molar-refractivity contribution is 9.10. The SMILES string of the molecule is CB(O)n1cc(Br)c2ccccc21. The average Bonchev–Trinajstić information content (AvgIpc) is 2.45. The van der Waals surface area contributed by atoms with Crippen molar-refractivity contribution in [2.45, 2.75) is 6.82 Å². The van der Waals surface area contributed by atoms with Crippen molar-refractivity contribution in [3.8, 4) is 0 Å². The Morgan fingerprint density at radius 2 is 2.08 bits per heavy atom. The van der Waals surface area contributed by atoms with Gasteiger partial charge in [-0.3, -0.25) is 0 Å². The summed E-state index contributed by atoms with van der Waals surface area (Å²) in [4.78, 5) is 0. The van der Waals surface area contributed by atoms with Crippen LogP contribution in [0.3, 0.4) is 0 Å². The van der Waals surface area contributed by atoms with Crippen LogP contribution in [0.25, 0.3) is 10.9 Å². The van der Waals surface area contributed by atoms with Gasteiger partial charge in [-0.2, -0.15) is 0 Å². The quantitative estimate of drug-likeness (QED) is 0.758. The summed E-state index contributed by atoms with van der Waals surface area (Å²) < 4.78 is 2.85. The van der Waals surface area contributed by atoms with Crippen molar-refractivity contribution in [2.24, 2.45) is 0 Å². The van der Waals surface area contributed by atoms with Gasteiger partial charge < -0.3 is 9.50 Å². The Hall–Kier alpha value is -0.735. The van der Waals surface area contributed by atoms with Gasteiger partial charge in [0.15, 0.2) is 0 Å². The van der Waals surface area contributed by atoms with Crippen molar-refractivity contribution >= 4 is 33.9 Å². The van der Waals surface area contributed by atoms with Crippen LogP contribution in [0.1, 0.15) is 0 Å². The molecular formula is C9H9BBrNO. The van der Waals surface area contributed by atoms with Gasteiger partial charge in [-0.05, 0) is 28.8 Å². The molecule has 0 aliphatic carbocycles. The van der Waals surface area contributed by atoms with Gasteiger partial charge in [0.25, 0.3) is 0 Å². The molecule has 2 aromatic rings. The zero-order chi connectivity index (χ0) is 9.42. The van der Waals surface area contributed by atoms with Crippen LogP contribution in [0, 0.1) is 0 Å². The number of hydrogen-bond donors (Lipinski definition) is 1. The number of nitrogens with zero attached hydrogens (tertiary/aromatic N) is 1. The summed E-state index contributed by atoms with van der Waals surface area (Å²) in [5, 5.41) is 10.6. The molecule has 1 heterocycles. The Morgan fingerprint density at radius 1 is 1.38 bits per heavy atom. The molecule has 0 amide bonds. The maximum atomic E-state index is 9.48. The first-order valence-corrected chi connectivity index (χ1v) is 4.92. The second kappa shape index (κ2) is 3.20. The van der Waals surface area contributed by atoms with Gasteiger partial charge in [0.05, 0.1) is 0 Å². The molecule has 0 atom stereocenters. The standard InChI is InChI=1S/C9H9BBrNO/c1-10(13)12-6-8(11)7-4-2-3-5-9(7)12/h2-6,13H,1H3. The molecule has 0 saturated heterocycles. The lowest BCUT2D eigenvalue weighted by Gasteiger charge is -2.02. The van der Waals surface area contributed by atoms with E-state index in [2.05, 4.69) is 15.9 Å². The molecule has 1 aromatic carbocycles. The van der Waals surface area contributed by atoms with Crippen molar-refractivity contribution < 1.29 is 5.02 Å². The Kier molecular flexibility index (Phi) is 2.18. The van der Waals surface area contributed by atoms with Crippen LogP contribution in [0.4, 0.5) is 0 Å². The van der Waals surface area contributed by atoms with E-state index in [-0.39, 0.29) is 0 Å². The summed E-state index contributed by atoms with van der Waals surface area (Å²) in [7, 11) is -0.490. The van der Waals surface area contributed by atoms with Gasteiger partial charge in [0.2, 0.25) is 0 Å². The minimum Gasteiger partial charge on any atom is -0.432 e. The molecule has 0 aliphatic heterocycles. The Labute approximate surface area is 85.4 Å². The zero-order valence-electron chi connectivity index (χ0n) is 7.24. The van der Waals surface area contributed by atoms with Gasteiger partial charge in [0.1, 0.15) is 0 Å². The molecule has 0 fully saturated rings. The lowest BCUT2D eigenvalue weighted by Crippen LogP contribution is -2.17. The summed E-state index contributed by atoms with van der Waals surface area (Å²) in [5.74, 6) is 0. The van der Waals surface area contributed by atoms with E-state index in [1.807, 2.05) is 34.9 Å². The van der Waals surface area contributed by atoms with E-state index >= 15 is 0 Å². The van der Waals surface area contributed by atoms with Crippen molar-refractivity contribution in [3.63, 3.8) is 0 Å². The van der Waals surface area contributed by atoms with Gasteiger partial charge in [0, 0.05) is 21.6 Å². The monoisotopic (exact) mass is 237 g/mol. The maximum Gasteiger partial charge on any atom is 0.413 e. The molecule has 0 radical (unpaired) electrons. The van der Waals surface area contributed by atoms with Crippen molar-refractivity contribution in [1.29, 1.82) is 0 Å². The fourth-order valence-electron chi connectivity index (χ4n) is 1.47. The van der Waals surface area contributed by atoms with Crippen LogP contribution in [-0.2, 0) is 0 Å². The number of para-hydroxylation sites is 1. The molecule has 1 N–H and O–H groups in total. The molecule has 2 rings (SSSR count). The zero-order valence-corrected chi connectivity index (χ0v) is 8.82. The van der Waals surface area contributed by atoms with Crippen LogP contribution in [0.5, 0.6) is 0 Å². The van der Waals surface area contributed by atoms with E-state index in [1.54, 1.807) is 6.82 Å². The molecule has 2 nitrogen and oxygen atoms in total. The highest BCUT2D eigenvalue weighted by Gasteiger charge is 2.11. The molecule has 0 spiro atoms. The maximum absolute atomic E-state index is 9.48. The first-order chi connectivity index (χ1) is 6.20. The van der Waals surface area contributed by atoms with Gasteiger partial charge in [-0.1, -0.05) is 18.2 Å². The van der Waals surface area contributed by atoms with Gasteiger partial charge in [-0.25, -0.2) is 0 Å². The molecule has 0 saturated carbocycles. The molecule has 4 heteroatoms. The summed E-state index contributed by atoms with van der Waals surface area (Å²) >= 11 is 3.45. The fraction of sp³-hybridized carbons (Fsp3) is 0.111. The van der Waals surface area contributed by atoms with Crippen LogP contribution >= 0.6 is 15.9 Å². The van der Waals surface area contributed by atoms with Gasteiger partial charge >= 0.3 is 7.05 Å². The summed E-state index contributed by atoms with van der Waals surface area (Å²) in [6.07, 6.45) is 1.90. The Balaban J connectivity index is 2.78. The predicted molar refractivity (Wildman–Crippen MR) is 58.9 cm³/mol. The minimum atomic E-state index is -0.490. The van der Waals surface area contributed by atoms with E-state index in [0.29, 0.717) is 0 Å². The fourth-order valence-corrected chi connectivity index (χ4v) is 2.03. The van der Waals surface area contributed by atoms with E-state index in [0.717, 1.165) is 15.4 Å². The third-order valence-corrected chi connectivity index (χ3v) is 2.73. The largest absolute Gasteiger partial charge is 0.432 e. The minimum absolute atomic E-state index is 0.490. The normalized spacial score (nSPS) is 10.7. The third-order valence-electron chi connectivity index (χ3n) is 2.09. The van der Waals surface area contributed by atoms with Crippen LogP contribution in [0.2, 0.25) is 6.82 Å². The van der Waals surface area contributed by atoms with E-state index in [9.17, 15) is 5.02 Å². The van der Waals surface area contributed by atoms with Gasteiger partial charge in [-0.15, -0.1) is 0 Å². The number of fused-ring (bicyclic) bond motifs is 1. The number of benzene rings is 1. The van der Waals surface area contributed by atoms with Crippen molar-refractivity contribution in [1.82, 2.24) is 4.48 Å². The highest BCUT2D eigenvalue weighted by Crippen LogP contribution is 2.25.